The predicted octanol–water partition coefficient (Wildman–Crippen LogP) is 3.04. The van der Waals surface area contributed by atoms with E-state index in [1.54, 1.807) is 23.2 Å². The van der Waals surface area contributed by atoms with Crippen LogP contribution in [0.2, 0.25) is 0 Å². The van der Waals surface area contributed by atoms with Crippen molar-refractivity contribution in [2.45, 2.75) is 38.5 Å². The van der Waals surface area contributed by atoms with Crippen LogP contribution in [0.1, 0.15) is 35.3 Å². The quantitative estimate of drug-likeness (QED) is 0.360. The molecule has 1 heterocycles. The van der Waals surface area contributed by atoms with E-state index >= 15 is 0 Å². The van der Waals surface area contributed by atoms with Gasteiger partial charge in [-0.05, 0) is 42.5 Å². The molecule has 174 valence electrons. The van der Waals surface area contributed by atoms with Crippen molar-refractivity contribution in [1.29, 1.82) is 0 Å². The van der Waals surface area contributed by atoms with E-state index in [1.807, 2.05) is 30.3 Å². The average Bonchev–Trinajstić information content (AvgIpc) is 2.81. The van der Waals surface area contributed by atoms with Crippen molar-refractivity contribution in [3.63, 3.8) is 0 Å². The summed E-state index contributed by atoms with van der Waals surface area (Å²) < 4.78 is 0. The smallest absolute Gasteiger partial charge is 0.315 e. The van der Waals surface area contributed by atoms with E-state index in [0.717, 1.165) is 29.5 Å². The highest BCUT2D eigenvalue weighted by Gasteiger charge is 2.13. The maximum absolute atomic E-state index is 12.0. The molecular formula is C26H33N5O2. The van der Waals surface area contributed by atoms with Gasteiger partial charge in [0.1, 0.15) is 5.82 Å². The highest BCUT2D eigenvalue weighted by atomic mass is 16.3. The third kappa shape index (κ3) is 7.89. The number of aromatic nitrogens is 1. The van der Waals surface area contributed by atoms with Crippen molar-refractivity contribution in [3.05, 3.63) is 95.2 Å². The first-order chi connectivity index (χ1) is 15.9. The summed E-state index contributed by atoms with van der Waals surface area (Å²) in [6, 6.07) is 21.5. The minimum absolute atomic E-state index is 0.155. The van der Waals surface area contributed by atoms with Crippen LogP contribution < -0.4 is 16.8 Å². The number of benzene rings is 2. The molecule has 0 radical (unpaired) electrons. The maximum Gasteiger partial charge on any atom is 0.315 e. The number of nitrogens with two attached hydrogens (primary N) is 2. The molecule has 33 heavy (non-hydrogen) atoms. The number of aliphatic hydroxyl groups excluding tert-OH is 1. The van der Waals surface area contributed by atoms with Crippen LogP contribution >= 0.6 is 0 Å². The van der Waals surface area contributed by atoms with Crippen molar-refractivity contribution in [3.8, 4) is 0 Å². The first kappa shape index (κ1) is 24.2. The van der Waals surface area contributed by atoms with Gasteiger partial charge in [-0.3, -0.25) is 0 Å². The predicted molar refractivity (Wildman–Crippen MR) is 131 cm³/mol. The van der Waals surface area contributed by atoms with Gasteiger partial charge >= 0.3 is 6.03 Å². The number of nitrogen functional groups attached to an aromatic ring is 1. The molecule has 2 atom stereocenters. The molecule has 3 aromatic rings. The van der Waals surface area contributed by atoms with Crippen LogP contribution in [0.4, 0.5) is 10.6 Å². The van der Waals surface area contributed by atoms with E-state index in [2.05, 4.69) is 41.5 Å². The standard InChI is InChI=1S/C26H33N5O2/c1-19(29-17-24(32)23-10-11-25(27)30-16-23)14-21-8-5-9-22(15-21)18-31(26(28)33)13-12-20-6-3-2-4-7-20/h2-11,15-16,19,24,29,32H,12-14,17-18H2,1H3,(H2,27,30)(H2,28,33)/t19-,24+/m1/s1. The molecule has 0 bridgehead atoms. The Balaban J connectivity index is 1.52. The summed E-state index contributed by atoms with van der Waals surface area (Å²) in [5.74, 6) is 0.433. The van der Waals surface area contributed by atoms with Gasteiger partial charge in [0.25, 0.3) is 0 Å². The molecule has 2 amide bonds. The molecule has 1 aromatic heterocycles. The highest BCUT2D eigenvalue weighted by molar-refractivity contribution is 5.72. The van der Waals surface area contributed by atoms with Crippen molar-refractivity contribution < 1.29 is 9.90 Å². The Hall–Kier alpha value is -3.42. The van der Waals surface area contributed by atoms with Gasteiger partial charge in [-0.25, -0.2) is 9.78 Å². The molecular weight excluding hydrogens is 414 g/mol. The topological polar surface area (TPSA) is 118 Å². The molecule has 6 N–H and O–H groups in total. The lowest BCUT2D eigenvalue weighted by Gasteiger charge is -2.21. The number of hydrogen-bond acceptors (Lipinski definition) is 5. The number of anilines is 1. The Bertz CT molecular complexity index is 1010. The summed E-state index contributed by atoms with van der Waals surface area (Å²) in [6.07, 6.45) is 2.50. The molecule has 0 saturated heterocycles. The first-order valence-electron chi connectivity index (χ1n) is 11.2. The summed E-state index contributed by atoms with van der Waals surface area (Å²) in [5, 5.41) is 13.7. The summed E-state index contributed by atoms with van der Waals surface area (Å²) in [5.41, 5.74) is 15.3. The molecule has 7 nitrogen and oxygen atoms in total. The lowest BCUT2D eigenvalue weighted by atomic mass is 10.0. The van der Waals surface area contributed by atoms with Crippen LogP contribution in [0.3, 0.4) is 0 Å². The lowest BCUT2D eigenvalue weighted by Crippen LogP contribution is -2.36. The summed E-state index contributed by atoms with van der Waals surface area (Å²) >= 11 is 0. The Morgan fingerprint density at radius 2 is 1.79 bits per heavy atom. The zero-order chi connectivity index (χ0) is 23.6. The van der Waals surface area contributed by atoms with Gasteiger partial charge in [0.05, 0.1) is 6.10 Å². The second kappa shape index (κ2) is 12.0. The van der Waals surface area contributed by atoms with Crippen molar-refractivity contribution in [2.75, 3.05) is 18.8 Å². The van der Waals surface area contributed by atoms with E-state index in [0.29, 0.717) is 25.5 Å². The largest absolute Gasteiger partial charge is 0.387 e. The second-order valence-electron chi connectivity index (χ2n) is 8.36. The second-order valence-corrected chi connectivity index (χ2v) is 8.36. The number of pyridine rings is 1. The molecule has 0 aliphatic rings. The molecule has 0 unspecified atom stereocenters. The van der Waals surface area contributed by atoms with Crippen molar-refractivity contribution in [2.24, 2.45) is 5.73 Å². The number of urea groups is 1. The van der Waals surface area contributed by atoms with Crippen LogP contribution in [-0.4, -0.2) is 40.2 Å². The maximum atomic E-state index is 12.0. The third-order valence-electron chi connectivity index (χ3n) is 5.59. The zero-order valence-corrected chi connectivity index (χ0v) is 19.0. The molecule has 0 spiro atoms. The summed E-state index contributed by atoms with van der Waals surface area (Å²) in [6.45, 7) is 3.54. The molecule has 0 aliphatic heterocycles. The molecule has 3 rings (SSSR count). The van der Waals surface area contributed by atoms with Gasteiger partial charge < -0.3 is 26.8 Å². The minimum atomic E-state index is -0.652. The fraction of sp³-hybridized carbons (Fsp3) is 0.308. The Labute approximate surface area is 195 Å². The van der Waals surface area contributed by atoms with E-state index < -0.39 is 12.1 Å². The summed E-state index contributed by atoms with van der Waals surface area (Å²) in [7, 11) is 0. The van der Waals surface area contributed by atoms with Crippen LogP contribution in [-0.2, 0) is 19.4 Å². The van der Waals surface area contributed by atoms with Gasteiger partial charge in [-0.2, -0.15) is 0 Å². The molecule has 0 saturated carbocycles. The van der Waals surface area contributed by atoms with Gasteiger partial charge in [0.2, 0.25) is 0 Å². The number of aliphatic hydroxyl groups is 1. The van der Waals surface area contributed by atoms with E-state index in [4.69, 9.17) is 11.5 Å². The number of amides is 2. The fourth-order valence-electron chi connectivity index (χ4n) is 3.72. The van der Waals surface area contributed by atoms with Crippen molar-refractivity contribution >= 4 is 11.8 Å². The average molecular weight is 448 g/mol. The number of carbonyl (C=O) groups excluding carboxylic acids is 1. The van der Waals surface area contributed by atoms with E-state index in [-0.39, 0.29) is 6.04 Å². The van der Waals surface area contributed by atoms with E-state index in [9.17, 15) is 9.90 Å². The minimum Gasteiger partial charge on any atom is -0.387 e. The SMILES string of the molecule is C[C@H](Cc1cccc(CN(CCc2ccccc2)C(N)=O)c1)NC[C@H](O)c1ccc(N)nc1. The normalized spacial score (nSPS) is 12.8. The van der Waals surface area contributed by atoms with Crippen molar-refractivity contribution in [1.82, 2.24) is 15.2 Å². The van der Waals surface area contributed by atoms with Gasteiger partial charge in [0.15, 0.2) is 0 Å². The first-order valence-corrected chi connectivity index (χ1v) is 11.2. The highest BCUT2D eigenvalue weighted by Crippen LogP contribution is 2.14. The summed E-state index contributed by atoms with van der Waals surface area (Å²) in [4.78, 5) is 17.7. The molecule has 0 fully saturated rings. The Morgan fingerprint density at radius 3 is 2.48 bits per heavy atom. The number of nitrogens with zero attached hydrogens (tertiary/aromatic N) is 2. The number of hydrogen-bond donors (Lipinski definition) is 4. The number of primary amides is 1. The van der Waals surface area contributed by atoms with Crippen LogP contribution in [0.15, 0.2) is 72.9 Å². The monoisotopic (exact) mass is 447 g/mol. The van der Waals surface area contributed by atoms with E-state index in [1.165, 1.54) is 5.56 Å². The molecule has 0 aliphatic carbocycles. The number of nitrogens with one attached hydrogen (secondary N) is 1. The van der Waals surface area contributed by atoms with Gasteiger partial charge in [-0.1, -0.05) is 60.7 Å². The number of rotatable bonds is 11. The van der Waals surface area contributed by atoms with Crippen LogP contribution in [0.5, 0.6) is 0 Å². The van der Waals surface area contributed by atoms with Crippen LogP contribution in [0, 0.1) is 0 Å². The van der Waals surface area contributed by atoms with Gasteiger partial charge in [0, 0.05) is 37.4 Å². The fourth-order valence-corrected chi connectivity index (χ4v) is 3.72. The Morgan fingerprint density at radius 1 is 1.06 bits per heavy atom. The Kier molecular flexibility index (Phi) is 8.80. The van der Waals surface area contributed by atoms with Gasteiger partial charge in [-0.15, -0.1) is 0 Å². The molecule has 2 aromatic carbocycles. The lowest BCUT2D eigenvalue weighted by molar-refractivity contribution is 0.170. The zero-order valence-electron chi connectivity index (χ0n) is 19.0. The number of carbonyl (C=O) groups is 1. The third-order valence-corrected chi connectivity index (χ3v) is 5.59. The molecule has 7 heteroatoms. The van der Waals surface area contributed by atoms with Crippen LogP contribution in [0.25, 0.3) is 0 Å².